The van der Waals surface area contributed by atoms with Crippen molar-refractivity contribution in [3.05, 3.63) is 53.2 Å². The van der Waals surface area contributed by atoms with Gasteiger partial charge in [0.2, 0.25) is 0 Å². The van der Waals surface area contributed by atoms with Crippen molar-refractivity contribution in [3.63, 3.8) is 0 Å². The monoisotopic (exact) mass is 240 g/mol. The summed E-state index contributed by atoms with van der Waals surface area (Å²) in [4.78, 5) is 4.11. The number of aromatic nitrogens is 1. The highest BCUT2D eigenvalue weighted by molar-refractivity contribution is 5.43. The molecule has 1 atom stereocenters. The summed E-state index contributed by atoms with van der Waals surface area (Å²) in [6, 6.07) is 10.3. The van der Waals surface area contributed by atoms with Crippen LogP contribution < -0.4 is 10.5 Å². The maximum atomic E-state index is 5.94. The Hall–Kier alpha value is -2.03. The molecule has 0 aliphatic carbocycles. The maximum Gasteiger partial charge on any atom is 0.126 e. The number of pyridine rings is 1. The number of hydrogen-bond donors (Lipinski definition) is 1. The first kappa shape index (κ1) is 11.1. The predicted molar refractivity (Wildman–Crippen MR) is 71.7 cm³/mol. The second-order valence-electron chi connectivity index (χ2n) is 4.81. The number of rotatable bonds is 2. The fourth-order valence-corrected chi connectivity index (χ4v) is 2.43. The largest absolute Gasteiger partial charge is 0.489 e. The van der Waals surface area contributed by atoms with Crippen molar-refractivity contribution in [2.45, 2.75) is 25.9 Å². The number of nitrogens with zero attached hydrogens (tertiary/aromatic N) is 1. The highest BCUT2D eigenvalue weighted by atomic mass is 16.5. The van der Waals surface area contributed by atoms with Crippen LogP contribution in [0.25, 0.3) is 0 Å². The van der Waals surface area contributed by atoms with Crippen LogP contribution in [0.4, 0.5) is 5.82 Å². The molecule has 3 heteroatoms. The third-order valence-corrected chi connectivity index (χ3v) is 3.33. The Bertz CT molecular complexity index is 580. The normalized spacial score (nSPS) is 17.3. The van der Waals surface area contributed by atoms with E-state index in [0.717, 1.165) is 24.2 Å². The second-order valence-corrected chi connectivity index (χ2v) is 4.81. The lowest BCUT2D eigenvalue weighted by Gasteiger charge is -2.11. The van der Waals surface area contributed by atoms with E-state index in [1.165, 1.54) is 11.1 Å². The van der Waals surface area contributed by atoms with Gasteiger partial charge in [-0.15, -0.1) is 0 Å². The van der Waals surface area contributed by atoms with Gasteiger partial charge in [-0.1, -0.05) is 23.8 Å². The highest BCUT2D eigenvalue weighted by Crippen LogP contribution is 2.31. The zero-order valence-electron chi connectivity index (χ0n) is 10.4. The Morgan fingerprint density at radius 2 is 2.28 bits per heavy atom. The average molecular weight is 240 g/mol. The van der Waals surface area contributed by atoms with Crippen molar-refractivity contribution in [2.24, 2.45) is 0 Å². The molecule has 2 heterocycles. The van der Waals surface area contributed by atoms with E-state index in [1.54, 1.807) is 6.20 Å². The van der Waals surface area contributed by atoms with Crippen molar-refractivity contribution in [1.29, 1.82) is 0 Å². The summed E-state index contributed by atoms with van der Waals surface area (Å²) in [6.45, 7) is 2.10. The summed E-state index contributed by atoms with van der Waals surface area (Å²) in [6.07, 6.45) is 3.65. The molecule has 0 radical (unpaired) electrons. The van der Waals surface area contributed by atoms with Crippen molar-refractivity contribution in [1.82, 2.24) is 4.98 Å². The molecule has 1 aliphatic heterocycles. The standard InChI is InChI=1S/C15H16N2O/c1-10-4-5-14-12(7-10)9-13(18-14)8-11-3-2-6-17-15(11)16/h2-7,13H,8-9H2,1H3,(H2,16,17). The quantitative estimate of drug-likeness (QED) is 0.877. The topological polar surface area (TPSA) is 48.1 Å². The van der Waals surface area contributed by atoms with Gasteiger partial charge in [0, 0.05) is 19.0 Å². The first-order valence-electron chi connectivity index (χ1n) is 6.18. The van der Waals surface area contributed by atoms with Gasteiger partial charge in [0.25, 0.3) is 0 Å². The van der Waals surface area contributed by atoms with Crippen LogP contribution in [0.3, 0.4) is 0 Å². The zero-order chi connectivity index (χ0) is 12.5. The van der Waals surface area contributed by atoms with Crippen LogP contribution in [-0.4, -0.2) is 11.1 Å². The summed E-state index contributed by atoms with van der Waals surface area (Å²) in [5, 5.41) is 0. The molecule has 1 unspecified atom stereocenters. The molecule has 3 rings (SSSR count). The molecule has 0 saturated carbocycles. The SMILES string of the molecule is Cc1ccc2c(c1)CC(Cc1cccnc1N)O2. The molecule has 18 heavy (non-hydrogen) atoms. The van der Waals surface area contributed by atoms with Gasteiger partial charge in [-0.2, -0.15) is 0 Å². The number of nitrogen functional groups attached to an aromatic ring is 1. The number of anilines is 1. The lowest BCUT2D eigenvalue weighted by atomic mass is 10.0. The molecule has 1 aromatic heterocycles. The molecule has 2 N–H and O–H groups in total. The van der Waals surface area contributed by atoms with E-state index in [0.29, 0.717) is 5.82 Å². The Kier molecular flexibility index (Phi) is 2.67. The van der Waals surface area contributed by atoms with Crippen molar-refractivity contribution < 1.29 is 4.74 Å². The number of hydrogen-bond acceptors (Lipinski definition) is 3. The molecule has 3 nitrogen and oxygen atoms in total. The van der Waals surface area contributed by atoms with Crippen LogP contribution in [0.1, 0.15) is 16.7 Å². The minimum absolute atomic E-state index is 0.174. The Balaban J connectivity index is 1.77. The van der Waals surface area contributed by atoms with E-state index in [-0.39, 0.29) is 6.10 Å². The second kappa shape index (κ2) is 4.33. The number of fused-ring (bicyclic) bond motifs is 1. The molecular weight excluding hydrogens is 224 g/mol. The zero-order valence-corrected chi connectivity index (χ0v) is 10.4. The van der Waals surface area contributed by atoms with Crippen molar-refractivity contribution >= 4 is 5.82 Å². The minimum atomic E-state index is 0.174. The lowest BCUT2D eigenvalue weighted by Crippen LogP contribution is -2.17. The summed E-state index contributed by atoms with van der Waals surface area (Å²) in [5.41, 5.74) is 9.49. The average Bonchev–Trinajstić information content (AvgIpc) is 2.73. The van der Waals surface area contributed by atoms with E-state index in [4.69, 9.17) is 10.5 Å². The number of benzene rings is 1. The predicted octanol–water partition coefficient (Wildman–Crippen LogP) is 2.52. The molecule has 0 amide bonds. The van der Waals surface area contributed by atoms with Crippen molar-refractivity contribution in [2.75, 3.05) is 5.73 Å². The van der Waals surface area contributed by atoms with Crippen LogP contribution >= 0.6 is 0 Å². The first-order chi connectivity index (χ1) is 8.72. The van der Waals surface area contributed by atoms with Crippen LogP contribution in [0.5, 0.6) is 5.75 Å². The molecule has 0 saturated heterocycles. The van der Waals surface area contributed by atoms with Gasteiger partial charge in [-0.25, -0.2) is 4.98 Å². The molecule has 2 aromatic rings. The van der Waals surface area contributed by atoms with Crippen LogP contribution in [0.15, 0.2) is 36.5 Å². The van der Waals surface area contributed by atoms with Gasteiger partial charge < -0.3 is 10.5 Å². The van der Waals surface area contributed by atoms with E-state index < -0.39 is 0 Å². The minimum Gasteiger partial charge on any atom is -0.489 e. The van der Waals surface area contributed by atoms with E-state index in [2.05, 4.69) is 30.1 Å². The van der Waals surface area contributed by atoms with Crippen LogP contribution in [0, 0.1) is 6.92 Å². The molecule has 0 fully saturated rings. The highest BCUT2D eigenvalue weighted by Gasteiger charge is 2.23. The summed E-state index contributed by atoms with van der Waals surface area (Å²) in [5.74, 6) is 1.61. The number of ether oxygens (including phenoxy) is 1. The maximum absolute atomic E-state index is 5.94. The molecule has 92 valence electrons. The van der Waals surface area contributed by atoms with E-state index in [9.17, 15) is 0 Å². The Morgan fingerprint density at radius 3 is 3.11 bits per heavy atom. The summed E-state index contributed by atoms with van der Waals surface area (Å²) >= 11 is 0. The molecule has 1 aromatic carbocycles. The fraction of sp³-hybridized carbons (Fsp3) is 0.267. The van der Waals surface area contributed by atoms with Gasteiger partial charge in [0.15, 0.2) is 0 Å². The van der Waals surface area contributed by atoms with Crippen LogP contribution in [-0.2, 0) is 12.8 Å². The van der Waals surface area contributed by atoms with E-state index >= 15 is 0 Å². The van der Waals surface area contributed by atoms with E-state index in [1.807, 2.05) is 12.1 Å². The number of nitrogens with two attached hydrogens (primary N) is 1. The van der Waals surface area contributed by atoms with Gasteiger partial charge in [-0.05, 0) is 30.2 Å². The van der Waals surface area contributed by atoms with Gasteiger partial charge in [0.1, 0.15) is 17.7 Å². The third-order valence-electron chi connectivity index (χ3n) is 3.33. The molecule has 1 aliphatic rings. The Labute approximate surface area is 107 Å². The van der Waals surface area contributed by atoms with Gasteiger partial charge in [-0.3, -0.25) is 0 Å². The first-order valence-corrected chi connectivity index (χ1v) is 6.18. The Morgan fingerprint density at radius 1 is 1.39 bits per heavy atom. The van der Waals surface area contributed by atoms with Gasteiger partial charge in [0.05, 0.1) is 0 Å². The smallest absolute Gasteiger partial charge is 0.126 e. The van der Waals surface area contributed by atoms with Crippen molar-refractivity contribution in [3.8, 4) is 5.75 Å². The summed E-state index contributed by atoms with van der Waals surface area (Å²) < 4.78 is 5.94. The molecule has 0 bridgehead atoms. The molecule has 0 spiro atoms. The van der Waals surface area contributed by atoms with Crippen LogP contribution in [0.2, 0.25) is 0 Å². The third kappa shape index (κ3) is 2.04. The fourth-order valence-electron chi connectivity index (χ4n) is 2.43. The number of aryl methyl sites for hydroxylation is 1. The lowest BCUT2D eigenvalue weighted by molar-refractivity contribution is 0.233. The molecular formula is C15H16N2O. The van der Waals surface area contributed by atoms with Gasteiger partial charge >= 0.3 is 0 Å². The summed E-state index contributed by atoms with van der Waals surface area (Å²) in [7, 11) is 0.